The first-order chi connectivity index (χ1) is 11.7. The minimum Gasteiger partial charge on any atom is -0.335 e. The summed E-state index contributed by atoms with van der Waals surface area (Å²) in [5.41, 5.74) is 4.62. The first kappa shape index (κ1) is 19.1. The third kappa shape index (κ3) is 5.09. The van der Waals surface area contributed by atoms with Crippen molar-refractivity contribution in [1.29, 1.82) is 0 Å². The molecule has 0 aliphatic rings. The van der Waals surface area contributed by atoms with Crippen molar-refractivity contribution < 1.29 is 22.8 Å². The van der Waals surface area contributed by atoms with Gasteiger partial charge in [0.25, 0.3) is 11.7 Å². The fourth-order valence-corrected chi connectivity index (χ4v) is 2.46. The van der Waals surface area contributed by atoms with Crippen LogP contribution in [-0.4, -0.2) is 32.4 Å². The van der Waals surface area contributed by atoms with Crippen LogP contribution in [0.2, 0.25) is 0 Å². The molecule has 0 bridgehead atoms. The molecule has 2 amide bonds. The van der Waals surface area contributed by atoms with E-state index in [1.165, 1.54) is 12.1 Å². The third-order valence-corrected chi connectivity index (χ3v) is 4.14. The van der Waals surface area contributed by atoms with E-state index >= 15 is 0 Å². The molecule has 0 saturated carbocycles. The Bertz CT molecular complexity index is 780. The summed E-state index contributed by atoms with van der Waals surface area (Å²) in [5, 5.41) is 5.90. The van der Waals surface area contributed by atoms with Crippen molar-refractivity contribution >= 4 is 39.5 Å². The Morgan fingerprint density at radius 1 is 1.20 bits per heavy atom. The Labute approximate surface area is 151 Å². The molecule has 2 aromatic rings. The number of alkyl halides is 3. The number of nitrogens with two attached hydrogens (primary N) is 1. The quantitative estimate of drug-likeness (QED) is 0.376. The Morgan fingerprint density at radius 3 is 2.40 bits per heavy atom. The molecule has 13 heteroatoms. The van der Waals surface area contributed by atoms with Crippen LogP contribution in [0.15, 0.2) is 33.9 Å². The van der Waals surface area contributed by atoms with Crippen LogP contribution >= 0.6 is 27.7 Å². The second kappa shape index (κ2) is 7.74. The minimum atomic E-state index is -4.75. The molecule has 0 unspecified atom stereocenters. The SMILES string of the molecule is Nn1c(SCC(=O)NNC(=O)c2ccc(Br)cc2)nnc1C(F)(F)F. The zero-order chi connectivity index (χ0) is 18.6. The van der Waals surface area contributed by atoms with Crippen molar-refractivity contribution in [1.82, 2.24) is 25.7 Å². The molecule has 2 rings (SSSR count). The van der Waals surface area contributed by atoms with Gasteiger partial charge < -0.3 is 5.84 Å². The number of aromatic nitrogens is 3. The number of halogens is 4. The number of thioether (sulfide) groups is 1. The molecule has 4 N–H and O–H groups in total. The number of rotatable bonds is 4. The fourth-order valence-electron chi connectivity index (χ4n) is 1.53. The monoisotopic (exact) mass is 438 g/mol. The Kier molecular flexibility index (Phi) is 5.89. The zero-order valence-electron chi connectivity index (χ0n) is 12.2. The zero-order valence-corrected chi connectivity index (χ0v) is 14.6. The lowest BCUT2D eigenvalue weighted by Gasteiger charge is -2.08. The fraction of sp³-hybridized carbons (Fsp3) is 0.167. The van der Waals surface area contributed by atoms with Crippen molar-refractivity contribution in [2.75, 3.05) is 11.6 Å². The molecule has 0 saturated heterocycles. The van der Waals surface area contributed by atoms with Gasteiger partial charge in [-0.1, -0.05) is 27.7 Å². The van der Waals surface area contributed by atoms with Crippen LogP contribution in [0, 0.1) is 0 Å². The maximum Gasteiger partial charge on any atom is 0.453 e. The number of amides is 2. The number of carbonyl (C=O) groups excluding carboxylic acids is 2. The van der Waals surface area contributed by atoms with Crippen LogP contribution in [0.1, 0.15) is 16.2 Å². The Morgan fingerprint density at radius 2 is 1.84 bits per heavy atom. The maximum atomic E-state index is 12.5. The second-order valence-corrected chi connectivity index (χ2v) is 6.33. The van der Waals surface area contributed by atoms with E-state index in [4.69, 9.17) is 5.84 Å². The summed E-state index contributed by atoms with van der Waals surface area (Å²) < 4.78 is 38.6. The number of hydrogen-bond donors (Lipinski definition) is 3. The highest BCUT2D eigenvalue weighted by Crippen LogP contribution is 2.28. The van der Waals surface area contributed by atoms with Gasteiger partial charge in [-0.05, 0) is 24.3 Å². The molecule has 0 spiro atoms. The van der Waals surface area contributed by atoms with Crippen LogP contribution in [0.5, 0.6) is 0 Å². The van der Waals surface area contributed by atoms with Gasteiger partial charge in [0.05, 0.1) is 5.75 Å². The van der Waals surface area contributed by atoms with Crippen molar-refractivity contribution in [3.8, 4) is 0 Å². The van der Waals surface area contributed by atoms with E-state index < -0.39 is 23.8 Å². The highest BCUT2D eigenvalue weighted by molar-refractivity contribution is 9.10. The molecule has 134 valence electrons. The number of hydrogen-bond acceptors (Lipinski definition) is 6. The van der Waals surface area contributed by atoms with Crippen LogP contribution in [0.3, 0.4) is 0 Å². The predicted molar refractivity (Wildman–Crippen MR) is 85.6 cm³/mol. The lowest BCUT2D eigenvalue weighted by Crippen LogP contribution is -2.42. The summed E-state index contributed by atoms with van der Waals surface area (Å²) >= 11 is 3.86. The van der Waals surface area contributed by atoms with Gasteiger partial charge in [-0.25, -0.2) is 4.68 Å². The van der Waals surface area contributed by atoms with Gasteiger partial charge in [0.15, 0.2) is 0 Å². The largest absolute Gasteiger partial charge is 0.453 e. The summed E-state index contributed by atoms with van der Waals surface area (Å²) in [5.74, 6) is 2.32. The van der Waals surface area contributed by atoms with Crippen molar-refractivity contribution in [2.45, 2.75) is 11.3 Å². The molecule has 0 fully saturated rings. The molecule has 0 radical (unpaired) electrons. The summed E-state index contributed by atoms with van der Waals surface area (Å²) in [6.45, 7) is 0. The lowest BCUT2D eigenvalue weighted by molar-refractivity contribution is -0.146. The lowest BCUT2D eigenvalue weighted by atomic mass is 10.2. The minimum absolute atomic E-state index is 0.248. The van der Waals surface area contributed by atoms with E-state index in [1.54, 1.807) is 12.1 Å². The second-order valence-electron chi connectivity index (χ2n) is 4.47. The number of benzene rings is 1. The standard InChI is InChI=1S/C12H10BrF3N6O2S/c13-7-3-1-6(2-4-7)9(24)19-18-8(23)5-25-11-21-20-10(22(11)17)12(14,15)16/h1-4H,5,17H2,(H,18,23)(H,19,24). The van der Waals surface area contributed by atoms with Crippen LogP contribution in [-0.2, 0) is 11.0 Å². The van der Waals surface area contributed by atoms with Crippen LogP contribution in [0.4, 0.5) is 13.2 Å². The molecule has 1 aromatic carbocycles. The highest BCUT2D eigenvalue weighted by Gasteiger charge is 2.38. The van der Waals surface area contributed by atoms with Crippen molar-refractivity contribution in [3.05, 3.63) is 40.1 Å². The Balaban J connectivity index is 1.84. The maximum absolute atomic E-state index is 12.5. The van der Waals surface area contributed by atoms with Gasteiger partial charge >= 0.3 is 6.18 Å². The van der Waals surface area contributed by atoms with Gasteiger partial charge in [-0.2, -0.15) is 13.2 Å². The number of nitrogen functional groups attached to an aromatic ring is 1. The van der Waals surface area contributed by atoms with E-state index in [9.17, 15) is 22.8 Å². The molecular weight excluding hydrogens is 429 g/mol. The van der Waals surface area contributed by atoms with Gasteiger partial charge in [0, 0.05) is 10.0 Å². The third-order valence-electron chi connectivity index (χ3n) is 2.67. The summed E-state index contributed by atoms with van der Waals surface area (Å²) in [7, 11) is 0. The molecule has 1 heterocycles. The van der Waals surface area contributed by atoms with E-state index in [1.807, 2.05) is 0 Å². The molecule has 0 aliphatic heterocycles. The highest BCUT2D eigenvalue weighted by atomic mass is 79.9. The number of hydrazine groups is 1. The Hall–Kier alpha value is -2.28. The van der Waals surface area contributed by atoms with E-state index in [0.29, 0.717) is 17.3 Å². The van der Waals surface area contributed by atoms with Gasteiger partial charge in [-0.15, -0.1) is 10.2 Å². The average molecular weight is 439 g/mol. The summed E-state index contributed by atoms with van der Waals surface area (Å²) in [4.78, 5) is 23.4. The van der Waals surface area contributed by atoms with Gasteiger partial charge in [0.2, 0.25) is 11.1 Å². The van der Waals surface area contributed by atoms with Gasteiger partial charge in [0.1, 0.15) is 0 Å². The topological polar surface area (TPSA) is 115 Å². The predicted octanol–water partition coefficient (Wildman–Crippen LogP) is 1.33. The number of carbonyl (C=O) groups is 2. The van der Waals surface area contributed by atoms with Gasteiger partial charge in [-0.3, -0.25) is 20.4 Å². The molecule has 1 aromatic heterocycles. The first-order valence-corrected chi connectivity index (χ1v) is 8.21. The van der Waals surface area contributed by atoms with Crippen LogP contribution in [0.25, 0.3) is 0 Å². The van der Waals surface area contributed by atoms with E-state index in [2.05, 4.69) is 37.0 Å². The smallest absolute Gasteiger partial charge is 0.335 e. The first-order valence-electron chi connectivity index (χ1n) is 6.43. The normalized spacial score (nSPS) is 11.2. The van der Waals surface area contributed by atoms with E-state index in [0.717, 1.165) is 4.47 Å². The van der Waals surface area contributed by atoms with Crippen molar-refractivity contribution in [2.24, 2.45) is 0 Å². The molecule has 0 aliphatic carbocycles. The van der Waals surface area contributed by atoms with Crippen LogP contribution < -0.4 is 16.7 Å². The average Bonchev–Trinajstić information content (AvgIpc) is 2.92. The summed E-state index contributed by atoms with van der Waals surface area (Å²) in [6.07, 6.45) is -4.75. The molecular formula is C12H10BrF3N6O2S. The molecule has 25 heavy (non-hydrogen) atoms. The molecule has 0 atom stereocenters. The number of nitrogens with zero attached hydrogens (tertiary/aromatic N) is 3. The summed E-state index contributed by atoms with van der Waals surface area (Å²) in [6, 6.07) is 6.38. The van der Waals surface area contributed by atoms with Crippen molar-refractivity contribution in [3.63, 3.8) is 0 Å². The molecule has 8 nitrogen and oxygen atoms in total. The van der Waals surface area contributed by atoms with E-state index in [-0.39, 0.29) is 15.6 Å². The number of nitrogens with one attached hydrogen (secondary N) is 2.